The van der Waals surface area contributed by atoms with E-state index in [4.69, 9.17) is 39.2 Å². The van der Waals surface area contributed by atoms with Gasteiger partial charge in [0.1, 0.15) is 24.0 Å². The molecular formula is C21H18Cl2N10. The number of hydrogen-bond donors (Lipinski definition) is 2. The lowest BCUT2D eigenvalue weighted by molar-refractivity contribution is 0.525. The van der Waals surface area contributed by atoms with Crippen molar-refractivity contribution in [1.82, 2.24) is 29.8 Å². The van der Waals surface area contributed by atoms with Gasteiger partial charge in [-0.15, -0.1) is 15.3 Å². The molecule has 1 saturated heterocycles. The third-order valence-corrected chi connectivity index (χ3v) is 5.98. The average Bonchev–Trinajstić information content (AvgIpc) is 3.27. The fourth-order valence-corrected chi connectivity index (χ4v) is 4.36. The van der Waals surface area contributed by atoms with E-state index in [9.17, 15) is 0 Å². The number of nitriles is 1. The highest BCUT2D eigenvalue weighted by Crippen LogP contribution is 2.31. The summed E-state index contributed by atoms with van der Waals surface area (Å²) in [7, 11) is 0. The number of fused-ring (bicyclic) bond motifs is 1. The fraction of sp³-hybridized carbons (Fsp3) is 0.238. The van der Waals surface area contributed by atoms with Crippen molar-refractivity contribution in [3.05, 3.63) is 52.3 Å². The number of nitrogens with one attached hydrogen (secondary N) is 1. The van der Waals surface area contributed by atoms with E-state index in [1.54, 1.807) is 34.8 Å². The number of nitrogens with two attached hydrogens (primary N) is 1. The molecule has 1 aromatic carbocycles. The second kappa shape index (κ2) is 8.69. The zero-order valence-corrected chi connectivity index (χ0v) is 18.8. The molecule has 1 aliphatic rings. The Balaban J connectivity index is 1.45. The van der Waals surface area contributed by atoms with Gasteiger partial charge in [-0.2, -0.15) is 9.78 Å². The molecule has 3 N–H and O–H groups in total. The van der Waals surface area contributed by atoms with Crippen molar-refractivity contribution in [1.29, 1.82) is 5.26 Å². The highest BCUT2D eigenvalue weighted by atomic mass is 35.5. The van der Waals surface area contributed by atoms with Gasteiger partial charge in [-0.3, -0.25) is 0 Å². The first-order valence-electron chi connectivity index (χ1n) is 10.2. The summed E-state index contributed by atoms with van der Waals surface area (Å²) >= 11 is 12.5. The smallest absolute Gasteiger partial charge is 0.220 e. The number of halogens is 2. The van der Waals surface area contributed by atoms with Gasteiger partial charge in [0.05, 0.1) is 10.6 Å². The summed E-state index contributed by atoms with van der Waals surface area (Å²) in [5, 5.41) is 26.2. The summed E-state index contributed by atoms with van der Waals surface area (Å²) in [6.45, 7) is 1.46. The van der Waals surface area contributed by atoms with Crippen LogP contribution in [0, 0.1) is 11.3 Å². The van der Waals surface area contributed by atoms with E-state index in [2.05, 4.69) is 30.5 Å². The molecule has 4 heterocycles. The summed E-state index contributed by atoms with van der Waals surface area (Å²) in [5.74, 6) is 1.96. The minimum absolute atomic E-state index is 0.0964. The molecule has 0 radical (unpaired) electrons. The third-order valence-electron chi connectivity index (χ3n) is 5.43. The number of benzene rings is 1. The maximum absolute atomic E-state index is 9.06. The van der Waals surface area contributed by atoms with Gasteiger partial charge in [-0.1, -0.05) is 23.2 Å². The van der Waals surface area contributed by atoms with Gasteiger partial charge in [0.15, 0.2) is 11.6 Å². The first kappa shape index (κ1) is 21.2. The monoisotopic (exact) mass is 480 g/mol. The number of nitrogen functional groups attached to an aromatic ring is 1. The molecule has 0 bridgehead atoms. The van der Waals surface area contributed by atoms with Crippen LogP contribution in [-0.2, 0) is 0 Å². The van der Waals surface area contributed by atoms with Gasteiger partial charge < -0.3 is 16.0 Å². The summed E-state index contributed by atoms with van der Waals surface area (Å²) < 4.78 is 1.60. The number of piperidine rings is 1. The quantitative estimate of drug-likeness (QED) is 0.450. The number of rotatable bonds is 4. The van der Waals surface area contributed by atoms with E-state index in [1.807, 2.05) is 6.07 Å². The summed E-state index contributed by atoms with van der Waals surface area (Å²) in [6.07, 6.45) is 3.42. The van der Waals surface area contributed by atoms with Gasteiger partial charge in [0.25, 0.3) is 0 Å². The zero-order chi connectivity index (χ0) is 22.9. The average molecular weight is 481 g/mol. The Morgan fingerprint density at radius 1 is 1.18 bits per heavy atom. The van der Waals surface area contributed by atoms with Crippen LogP contribution in [0.5, 0.6) is 0 Å². The molecule has 1 aliphatic heterocycles. The maximum Gasteiger partial charge on any atom is 0.220 e. The molecule has 0 spiro atoms. The Hall–Kier alpha value is -3.68. The lowest BCUT2D eigenvalue weighted by Crippen LogP contribution is -2.43. The Kier molecular flexibility index (Phi) is 5.58. The molecule has 5 rings (SSSR count). The molecule has 1 fully saturated rings. The van der Waals surface area contributed by atoms with Crippen LogP contribution in [0.1, 0.15) is 18.4 Å². The topological polar surface area (TPSA) is 134 Å². The minimum atomic E-state index is 0.0964. The van der Waals surface area contributed by atoms with Crippen LogP contribution in [0.25, 0.3) is 17.0 Å². The van der Waals surface area contributed by atoms with Crippen LogP contribution in [-0.4, -0.2) is 48.9 Å². The molecule has 3 aromatic heterocycles. The molecule has 33 heavy (non-hydrogen) atoms. The van der Waals surface area contributed by atoms with Crippen LogP contribution in [0.4, 0.5) is 17.5 Å². The normalized spacial score (nSPS) is 16.0. The molecule has 1 unspecified atom stereocenters. The Morgan fingerprint density at radius 3 is 2.85 bits per heavy atom. The first-order chi connectivity index (χ1) is 16.0. The van der Waals surface area contributed by atoms with Crippen LogP contribution in [0.15, 0.2) is 36.7 Å². The van der Waals surface area contributed by atoms with Crippen molar-refractivity contribution >= 4 is 46.3 Å². The van der Waals surface area contributed by atoms with E-state index < -0.39 is 0 Å². The van der Waals surface area contributed by atoms with Crippen molar-refractivity contribution in [3.8, 4) is 17.5 Å². The standard InChI is InChI=1S/C21H18Cl2N10/c22-13-4-5-15(16(23)8-13)19-29-20(21-30-26-11-33(21)31-19)32-7-1-2-14(10-32)27-17-6-3-12(9-24)18(25)28-17/h3-6,8,11,14H,1-2,7,10H2,(H3,25,27,28). The van der Waals surface area contributed by atoms with E-state index >= 15 is 0 Å². The Bertz CT molecular complexity index is 1380. The summed E-state index contributed by atoms with van der Waals surface area (Å²) in [4.78, 5) is 11.2. The lowest BCUT2D eigenvalue weighted by Gasteiger charge is -2.34. The van der Waals surface area contributed by atoms with Crippen LogP contribution in [0.2, 0.25) is 10.0 Å². The second-order valence-electron chi connectivity index (χ2n) is 7.65. The number of hydrogen-bond acceptors (Lipinski definition) is 9. The maximum atomic E-state index is 9.06. The Labute approximate surface area is 199 Å². The highest BCUT2D eigenvalue weighted by Gasteiger charge is 2.25. The molecule has 0 saturated carbocycles. The Morgan fingerprint density at radius 2 is 2.06 bits per heavy atom. The predicted molar refractivity (Wildman–Crippen MR) is 126 cm³/mol. The lowest BCUT2D eigenvalue weighted by atomic mass is 10.1. The molecule has 12 heteroatoms. The fourth-order valence-electron chi connectivity index (χ4n) is 3.87. The molecule has 10 nitrogen and oxygen atoms in total. The van der Waals surface area contributed by atoms with Gasteiger partial charge in [0, 0.05) is 29.7 Å². The molecular weight excluding hydrogens is 463 g/mol. The van der Waals surface area contributed by atoms with Crippen LogP contribution < -0.4 is 16.0 Å². The van der Waals surface area contributed by atoms with Crippen LogP contribution in [0.3, 0.4) is 0 Å². The first-order valence-corrected chi connectivity index (χ1v) is 11.0. The second-order valence-corrected chi connectivity index (χ2v) is 8.50. The van der Waals surface area contributed by atoms with Gasteiger partial charge >= 0.3 is 0 Å². The number of pyridine rings is 1. The number of aromatic nitrogens is 6. The van der Waals surface area contributed by atoms with E-state index in [1.165, 1.54) is 6.33 Å². The van der Waals surface area contributed by atoms with Crippen molar-refractivity contribution in [2.24, 2.45) is 0 Å². The summed E-state index contributed by atoms with van der Waals surface area (Å²) in [5.41, 5.74) is 7.45. The predicted octanol–water partition coefficient (Wildman–Crippen LogP) is 3.42. The third kappa shape index (κ3) is 4.20. The molecule has 0 aliphatic carbocycles. The van der Waals surface area contributed by atoms with Crippen molar-refractivity contribution in [2.75, 3.05) is 29.0 Å². The van der Waals surface area contributed by atoms with Crippen LogP contribution >= 0.6 is 23.2 Å². The van der Waals surface area contributed by atoms with E-state index in [0.29, 0.717) is 50.8 Å². The van der Waals surface area contributed by atoms with Crippen molar-refractivity contribution in [3.63, 3.8) is 0 Å². The minimum Gasteiger partial charge on any atom is -0.383 e. The largest absolute Gasteiger partial charge is 0.383 e. The van der Waals surface area contributed by atoms with E-state index in [-0.39, 0.29) is 11.9 Å². The van der Waals surface area contributed by atoms with Gasteiger partial charge in [-0.25, -0.2) is 9.97 Å². The molecule has 1 atom stereocenters. The zero-order valence-electron chi connectivity index (χ0n) is 17.3. The SMILES string of the molecule is N#Cc1ccc(NC2CCCN(c3nc(-c4ccc(Cl)cc4Cl)nn4cnnc34)C2)nc1N. The number of nitrogens with zero attached hydrogens (tertiary/aromatic N) is 8. The molecule has 4 aromatic rings. The molecule has 166 valence electrons. The van der Waals surface area contributed by atoms with Crippen molar-refractivity contribution in [2.45, 2.75) is 18.9 Å². The number of anilines is 3. The van der Waals surface area contributed by atoms with E-state index in [0.717, 1.165) is 19.4 Å². The van der Waals surface area contributed by atoms with Gasteiger partial charge in [-0.05, 0) is 43.2 Å². The molecule has 0 amide bonds. The summed E-state index contributed by atoms with van der Waals surface area (Å²) in [6, 6.07) is 10.7. The van der Waals surface area contributed by atoms with Gasteiger partial charge in [0.2, 0.25) is 5.65 Å². The highest BCUT2D eigenvalue weighted by molar-refractivity contribution is 6.36. The van der Waals surface area contributed by atoms with Crippen molar-refractivity contribution < 1.29 is 0 Å².